The molecule has 0 bridgehead atoms. The summed E-state index contributed by atoms with van der Waals surface area (Å²) in [7, 11) is 1.62. The van der Waals surface area contributed by atoms with E-state index in [4.69, 9.17) is 9.26 Å². The maximum absolute atomic E-state index is 12.9. The fourth-order valence-corrected chi connectivity index (χ4v) is 3.39. The molecule has 1 aromatic carbocycles. The number of nitrogens with one attached hydrogen (secondary N) is 1. The molecule has 7 nitrogen and oxygen atoms in total. The molecule has 0 radical (unpaired) electrons. The number of likely N-dealkylation sites (tertiary alicyclic amines) is 1. The van der Waals surface area contributed by atoms with Crippen LogP contribution < -0.4 is 10.1 Å². The van der Waals surface area contributed by atoms with Crippen molar-refractivity contribution in [2.45, 2.75) is 38.6 Å². The minimum Gasteiger partial charge on any atom is -0.497 e. The summed E-state index contributed by atoms with van der Waals surface area (Å²) in [6.45, 7) is 6.38. The van der Waals surface area contributed by atoms with Gasteiger partial charge in [0.1, 0.15) is 11.5 Å². The molecule has 7 heteroatoms. The molecule has 2 heterocycles. The van der Waals surface area contributed by atoms with Crippen LogP contribution in [0.1, 0.15) is 54.4 Å². The number of rotatable bonds is 5. The van der Waals surface area contributed by atoms with Gasteiger partial charge in [-0.1, -0.05) is 31.1 Å². The lowest BCUT2D eigenvalue weighted by molar-refractivity contribution is -0.119. The molecule has 2 amide bonds. The first-order valence-electron chi connectivity index (χ1n) is 9.06. The molecule has 0 aliphatic carbocycles. The Labute approximate surface area is 158 Å². The quantitative estimate of drug-likeness (QED) is 0.873. The van der Waals surface area contributed by atoms with Crippen molar-refractivity contribution in [3.05, 3.63) is 47.3 Å². The van der Waals surface area contributed by atoms with Crippen LogP contribution in [0.4, 0.5) is 0 Å². The zero-order chi connectivity index (χ0) is 19.6. The Morgan fingerprint density at radius 2 is 1.96 bits per heavy atom. The average molecular weight is 371 g/mol. The van der Waals surface area contributed by atoms with Gasteiger partial charge in [0.25, 0.3) is 5.91 Å². The molecule has 0 unspecified atom stereocenters. The van der Waals surface area contributed by atoms with Crippen LogP contribution in [0.25, 0.3) is 0 Å². The molecule has 1 saturated heterocycles. The van der Waals surface area contributed by atoms with Crippen LogP contribution in [-0.4, -0.2) is 48.1 Å². The number of carbonyl (C=O) groups excluding carboxylic acids is 2. The first kappa shape index (κ1) is 18.9. The van der Waals surface area contributed by atoms with Gasteiger partial charge in [-0.2, -0.15) is 0 Å². The van der Waals surface area contributed by atoms with Crippen molar-refractivity contribution < 1.29 is 18.8 Å². The first-order chi connectivity index (χ1) is 12.9. The minimum absolute atomic E-state index is 0.000210. The van der Waals surface area contributed by atoms with E-state index in [2.05, 4.69) is 10.5 Å². The van der Waals surface area contributed by atoms with Crippen molar-refractivity contribution in [3.8, 4) is 5.75 Å². The van der Waals surface area contributed by atoms with Crippen LogP contribution in [0.5, 0.6) is 5.75 Å². The van der Waals surface area contributed by atoms with Gasteiger partial charge >= 0.3 is 0 Å². The van der Waals surface area contributed by atoms with Crippen LogP contribution in [0.2, 0.25) is 0 Å². The maximum atomic E-state index is 12.9. The molecule has 0 saturated carbocycles. The summed E-state index contributed by atoms with van der Waals surface area (Å²) in [4.78, 5) is 26.2. The third-order valence-electron chi connectivity index (χ3n) is 4.86. The highest BCUT2D eigenvalue weighted by atomic mass is 16.5. The molecule has 144 valence electrons. The van der Waals surface area contributed by atoms with E-state index in [0.29, 0.717) is 24.5 Å². The zero-order valence-electron chi connectivity index (χ0n) is 16.1. The summed E-state index contributed by atoms with van der Waals surface area (Å²) in [5, 5.41) is 6.89. The summed E-state index contributed by atoms with van der Waals surface area (Å²) >= 11 is 0. The van der Waals surface area contributed by atoms with Crippen LogP contribution in [0, 0.1) is 0 Å². The standard InChI is InChI=1S/C20H25N3O4/c1-12(2)19-9-17(22-27-19)20(25)23-10-16(18(11-23)21-13(3)24)14-5-7-15(26-4)8-6-14/h5-9,12,16,18H,10-11H2,1-4H3,(H,21,24)/t16-,18+/m0/s1. The predicted molar refractivity (Wildman–Crippen MR) is 99.8 cm³/mol. The lowest BCUT2D eigenvalue weighted by atomic mass is 9.94. The van der Waals surface area contributed by atoms with Gasteiger partial charge in [0.2, 0.25) is 5.91 Å². The lowest BCUT2D eigenvalue weighted by Gasteiger charge is -2.19. The topological polar surface area (TPSA) is 84.7 Å². The van der Waals surface area contributed by atoms with E-state index in [-0.39, 0.29) is 29.7 Å². The van der Waals surface area contributed by atoms with Gasteiger partial charge < -0.3 is 19.5 Å². The Balaban J connectivity index is 1.81. The van der Waals surface area contributed by atoms with Gasteiger partial charge in [0.05, 0.1) is 13.2 Å². The largest absolute Gasteiger partial charge is 0.497 e. The first-order valence-corrected chi connectivity index (χ1v) is 9.06. The molecular weight excluding hydrogens is 346 g/mol. The van der Waals surface area contributed by atoms with Crippen molar-refractivity contribution in [2.75, 3.05) is 20.2 Å². The molecule has 1 fully saturated rings. The van der Waals surface area contributed by atoms with E-state index in [1.807, 2.05) is 38.1 Å². The lowest BCUT2D eigenvalue weighted by Crippen LogP contribution is -2.39. The number of hydrogen-bond acceptors (Lipinski definition) is 5. The summed E-state index contributed by atoms with van der Waals surface area (Å²) in [6.07, 6.45) is 0. The molecule has 1 aliphatic rings. The maximum Gasteiger partial charge on any atom is 0.276 e. The van der Waals surface area contributed by atoms with E-state index in [1.165, 1.54) is 6.92 Å². The van der Waals surface area contributed by atoms with E-state index < -0.39 is 0 Å². The monoisotopic (exact) mass is 371 g/mol. The molecule has 3 rings (SSSR count). The van der Waals surface area contributed by atoms with Gasteiger partial charge in [0.15, 0.2) is 5.69 Å². The number of nitrogens with zero attached hydrogens (tertiary/aromatic N) is 2. The predicted octanol–water partition coefficient (Wildman–Crippen LogP) is 2.55. The fourth-order valence-electron chi connectivity index (χ4n) is 3.39. The number of ether oxygens (including phenoxy) is 1. The second-order valence-electron chi connectivity index (χ2n) is 7.17. The number of aromatic nitrogens is 1. The third-order valence-corrected chi connectivity index (χ3v) is 4.86. The van der Waals surface area contributed by atoms with E-state index in [0.717, 1.165) is 11.3 Å². The van der Waals surface area contributed by atoms with E-state index >= 15 is 0 Å². The normalized spacial score (nSPS) is 19.4. The number of amides is 2. The van der Waals surface area contributed by atoms with Crippen LogP contribution >= 0.6 is 0 Å². The van der Waals surface area contributed by atoms with E-state index in [1.54, 1.807) is 18.1 Å². The summed E-state index contributed by atoms with van der Waals surface area (Å²) in [5.41, 5.74) is 1.35. The fraction of sp³-hybridized carbons (Fsp3) is 0.450. The summed E-state index contributed by atoms with van der Waals surface area (Å²) in [5.74, 6) is 1.32. The van der Waals surface area contributed by atoms with Crippen LogP contribution in [0.3, 0.4) is 0 Å². The van der Waals surface area contributed by atoms with Crippen molar-refractivity contribution in [3.63, 3.8) is 0 Å². The Morgan fingerprint density at radius 1 is 1.26 bits per heavy atom. The number of carbonyl (C=O) groups is 2. The average Bonchev–Trinajstić information content (AvgIpc) is 3.28. The Kier molecular flexibility index (Phi) is 5.48. The third kappa shape index (κ3) is 4.13. The Bertz CT molecular complexity index is 813. The van der Waals surface area contributed by atoms with Crippen molar-refractivity contribution >= 4 is 11.8 Å². The molecular formula is C20H25N3O4. The highest BCUT2D eigenvalue weighted by Gasteiger charge is 2.37. The molecule has 1 aliphatic heterocycles. The molecule has 1 aromatic heterocycles. The van der Waals surface area contributed by atoms with Crippen molar-refractivity contribution in [1.29, 1.82) is 0 Å². The summed E-state index contributed by atoms with van der Waals surface area (Å²) in [6, 6.07) is 9.25. The number of hydrogen-bond donors (Lipinski definition) is 1. The molecule has 2 atom stereocenters. The number of methoxy groups -OCH3 is 1. The molecule has 1 N–H and O–H groups in total. The number of benzene rings is 1. The highest BCUT2D eigenvalue weighted by molar-refractivity contribution is 5.92. The smallest absolute Gasteiger partial charge is 0.276 e. The molecule has 27 heavy (non-hydrogen) atoms. The molecule has 0 spiro atoms. The Hall–Kier alpha value is -2.83. The van der Waals surface area contributed by atoms with Gasteiger partial charge in [-0.25, -0.2) is 0 Å². The zero-order valence-corrected chi connectivity index (χ0v) is 16.1. The van der Waals surface area contributed by atoms with Gasteiger partial charge in [-0.3, -0.25) is 9.59 Å². The second-order valence-corrected chi connectivity index (χ2v) is 7.17. The highest BCUT2D eigenvalue weighted by Crippen LogP contribution is 2.30. The van der Waals surface area contributed by atoms with E-state index in [9.17, 15) is 9.59 Å². The van der Waals surface area contributed by atoms with Gasteiger partial charge in [0, 0.05) is 37.9 Å². The van der Waals surface area contributed by atoms with Crippen LogP contribution in [-0.2, 0) is 4.79 Å². The minimum atomic E-state index is -0.183. The second kappa shape index (κ2) is 7.82. The van der Waals surface area contributed by atoms with Gasteiger partial charge in [-0.05, 0) is 17.7 Å². The van der Waals surface area contributed by atoms with Crippen molar-refractivity contribution in [1.82, 2.24) is 15.4 Å². The van der Waals surface area contributed by atoms with Gasteiger partial charge in [-0.15, -0.1) is 0 Å². The molecule has 2 aromatic rings. The Morgan fingerprint density at radius 3 is 2.52 bits per heavy atom. The SMILES string of the molecule is COc1ccc([C@@H]2CN(C(=O)c3cc(C(C)C)on3)C[C@H]2NC(C)=O)cc1. The van der Waals surface area contributed by atoms with Crippen molar-refractivity contribution in [2.24, 2.45) is 0 Å². The summed E-state index contributed by atoms with van der Waals surface area (Å²) < 4.78 is 10.5. The van der Waals surface area contributed by atoms with Crippen LogP contribution in [0.15, 0.2) is 34.9 Å².